The number of fused-ring (bicyclic) bond motifs is 2. The third-order valence-electron chi connectivity index (χ3n) is 4.11. The summed E-state index contributed by atoms with van der Waals surface area (Å²) in [4.78, 5) is 4.39. The largest absolute Gasteiger partial charge is 0.361 e. The Morgan fingerprint density at radius 1 is 1.18 bits per heavy atom. The lowest BCUT2D eigenvalue weighted by atomic mass is 10.0. The van der Waals surface area contributed by atoms with Gasteiger partial charge in [-0.05, 0) is 31.3 Å². The molecule has 1 atom stereocenters. The Labute approximate surface area is 134 Å². The molecule has 4 nitrogen and oxygen atoms in total. The van der Waals surface area contributed by atoms with Gasteiger partial charge in [0.1, 0.15) is 0 Å². The van der Waals surface area contributed by atoms with Gasteiger partial charge in [-0.25, -0.2) is 0 Å². The van der Waals surface area contributed by atoms with E-state index in [-0.39, 0.29) is 0 Å². The van der Waals surface area contributed by atoms with Crippen molar-refractivity contribution in [3.63, 3.8) is 0 Å². The number of aliphatic hydroxyl groups is 1. The van der Waals surface area contributed by atoms with Gasteiger partial charge in [0.25, 0.3) is 0 Å². The first kappa shape index (κ1) is 14.1. The molecule has 0 bridgehead atoms. The van der Waals surface area contributed by atoms with Gasteiger partial charge >= 0.3 is 0 Å². The number of hydrogen-bond donors (Lipinski definition) is 2. The second-order valence-electron chi connectivity index (χ2n) is 5.80. The molecule has 0 saturated carbocycles. The van der Waals surface area contributed by atoms with Crippen LogP contribution in [-0.4, -0.2) is 36.8 Å². The van der Waals surface area contributed by atoms with Crippen LogP contribution >= 0.6 is 11.8 Å². The van der Waals surface area contributed by atoms with Crippen molar-refractivity contribution in [1.29, 1.82) is 0 Å². The number of para-hydroxylation sites is 1. The minimum absolute atomic E-state index is 0.487. The maximum absolute atomic E-state index is 10.8. The fourth-order valence-corrected chi connectivity index (χ4v) is 3.94. The number of likely N-dealkylation sites (N-methyl/N-ethyl adjacent to an activating group) is 1. The summed E-state index contributed by atoms with van der Waals surface area (Å²) in [6.07, 6.45) is 0. The van der Waals surface area contributed by atoms with E-state index in [0.29, 0.717) is 13.2 Å². The molecule has 2 aliphatic heterocycles. The molecule has 0 aliphatic carbocycles. The third-order valence-corrected chi connectivity index (χ3v) is 5.24. The summed E-state index contributed by atoms with van der Waals surface area (Å²) in [6, 6.07) is 14.2. The average Bonchev–Trinajstić information content (AvgIpc) is 2.52. The number of benzene rings is 2. The minimum Gasteiger partial charge on any atom is -0.361 e. The lowest BCUT2D eigenvalue weighted by Crippen LogP contribution is -2.48. The van der Waals surface area contributed by atoms with Gasteiger partial charge in [-0.1, -0.05) is 30.0 Å². The van der Waals surface area contributed by atoms with Gasteiger partial charge in [0.05, 0.1) is 24.5 Å². The summed E-state index contributed by atoms with van der Waals surface area (Å²) in [7, 11) is 2.00. The second kappa shape index (κ2) is 5.28. The molecule has 0 spiro atoms. The van der Waals surface area contributed by atoms with Crippen molar-refractivity contribution in [2.24, 2.45) is 0 Å². The number of β-amino-alcohol motifs (C(OH)–C–C–N with tert-alkyl or cyclic N) is 1. The van der Waals surface area contributed by atoms with Crippen LogP contribution in [0.4, 0.5) is 11.4 Å². The fraction of sp³-hybridized carbons (Fsp3) is 0.294. The van der Waals surface area contributed by atoms with Crippen molar-refractivity contribution < 1.29 is 9.84 Å². The molecule has 0 aromatic heterocycles. The molecule has 2 heterocycles. The molecule has 22 heavy (non-hydrogen) atoms. The van der Waals surface area contributed by atoms with E-state index >= 15 is 0 Å². The van der Waals surface area contributed by atoms with E-state index in [0.717, 1.165) is 28.4 Å². The summed E-state index contributed by atoms with van der Waals surface area (Å²) in [6.45, 7) is 1.87. The van der Waals surface area contributed by atoms with E-state index in [1.807, 2.05) is 37.4 Å². The normalized spacial score (nSPS) is 24.3. The summed E-state index contributed by atoms with van der Waals surface area (Å²) in [5, 5.41) is 14.3. The fourth-order valence-electron chi connectivity index (χ4n) is 2.91. The molecule has 1 unspecified atom stereocenters. The van der Waals surface area contributed by atoms with E-state index in [4.69, 9.17) is 4.74 Å². The van der Waals surface area contributed by atoms with Crippen LogP contribution in [0.3, 0.4) is 0 Å². The topological polar surface area (TPSA) is 44.7 Å². The Morgan fingerprint density at radius 3 is 2.86 bits per heavy atom. The van der Waals surface area contributed by atoms with Crippen molar-refractivity contribution in [1.82, 2.24) is 4.90 Å². The van der Waals surface area contributed by atoms with Gasteiger partial charge in [-0.2, -0.15) is 0 Å². The van der Waals surface area contributed by atoms with E-state index in [1.165, 1.54) is 4.90 Å². The number of morpholine rings is 1. The summed E-state index contributed by atoms with van der Waals surface area (Å²) in [5.74, 6) is -1.22. The van der Waals surface area contributed by atoms with Crippen molar-refractivity contribution in [3.05, 3.63) is 48.0 Å². The number of anilines is 2. The Balaban J connectivity index is 1.68. The number of nitrogens with zero attached hydrogens (tertiary/aromatic N) is 1. The third kappa shape index (κ3) is 2.40. The zero-order valence-electron chi connectivity index (χ0n) is 12.4. The molecule has 2 N–H and O–H groups in total. The summed E-state index contributed by atoms with van der Waals surface area (Å²) < 4.78 is 5.67. The molecule has 0 radical (unpaired) electrons. The molecule has 114 valence electrons. The van der Waals surface area contributed by atoms with E-state index < -0.39 is 5.79 Å². The molecule has 1 saturated heterocycles. The number of rotatable bonds is 1. The van der Waals surface area contributed by atoms with Crippen LogP contribution in [-0.2, 0) is 10.5 Å². The lowest BCUT2D eigenvalue weighted by Gasteiger charge is -2.38. The first-order valence-electron chi connectivity index (χ1n) is 7.37. The maximum Gasteiger partial charge on any atom is 0.205 e. The monoisotopic (exact) mass is 314 g/mol. The number of ether oxygens (including phenoxy) is 1. The highest BCUT2D eigenvalue weighted by molar-refractivity contribution is 7.99. The number of nitrogens with one attached hydrogen (secondary N) is 1. The predicted octanol–water partition coefficient (Wildman–Crippen LogP) is 3.00. The molecule has 2 aliphatic rings. The van der Waals surface area contributed by atoms with Gasteiger partial charge in [-0.15, -0.1) is 0 Å². The van der Waals surface area contributed by atoms with Gasteiger partial charge in [0, 0.05) is 21.9 Å². The van der Waals surface area contributed by atoms with Crippen molar-refractivity contribution in [2.45, 2.75) is 15.6 Å². The zero-order valence-corrected chi connectivity index (χ0v) is 13.2. The first-order chi connectivity index (χ1) is 10.6. The molecule has 4 rings (SSSR count). The highest BCUT2D eigenvalue weighted by Gasteiger charge is 2.35. The van der Waals surface area contributed by atoms with Crippen LogP contribution in [0.2, 0.25) is 0 Å². The lowest BCUT2D eigenvalue weighted by molar-refractivity contribution is -0.245. The number of hydrogen-bond acceptors (Lipinski definition) is 5. The molecule has 5 heteroatoms. The molecule has 2 aromatic rings. The first-order valence-corrected chi connectivity index (χ1v) is 8.19. The maximum atomic E-state index is 10.8. The highest BCUT2D eigenvalue weighted by Crippen LogP contribution is 2.45. The SMILES string of the molecule is CN1CCOC(O)(c2ccc3c(c2)Sc2ccccc2N3)C1. The molecular weight excluding hydrogens is 296 g/mol. The smallest absolute Gasteiger partial charge is 0.205 e. The molecule has 2 aromatic carbocycles. The van der Waals surface area contributed by atoms with Crippen molar-refractivity contribution in [2.75, 3.05) is 32.1 Å². The van der Waals surface area contributed by atoms with Crippen molar-refractivity contribution >= 4 is 23.1 Å². The van der Waals surface area contributed by atoms with Gasteiger partial charge < -0.3 is 15.2 Å². The van der Waals surface area contributed by atoms with Crippen LogP contribution in [0.15, 0.2) is 52.3 Å². The van der Waals surface area contributed by atoms with Crippen LogP contribution < -0.4 is 5.32 Å². The van der Waals surface area contributed by atoms with E-state index in [2.05, 4.69) is 22.3 Å². The standard InChI is InChI=1S/C17H18N2O2S/c1-19-8-9-21-17(20,11-19)12-6-7-14-16(10-12)22-15-5-3-2-4-13(15)18-14/h2-7,10,18,20H,8-9,11H2,1H3. The predicted molar refractivity (Wildman–Crippen MR) is 87.6 cm³/mol. The quantitative estimate of drug-likeness (QED) is 0.723. The minimum atomic E-state index is -1.22. The second-order valence-corrected chi connectivity index (χ2v) is 6.89. The van der Waals surface area contributed by atoms with Crippen LogP contribution in [0.5, 0.6) is 0 Å². The molecule has 1 fully saturated rings. The van der Waals surface area contributed by atoms with E-state index in [1.54, 1.807) is 11.8 Å². The molecular formula is C17H18N2O2S. The zero-order chi connectivity index (χ0) is 15.2. The van der Waals surface area contributed by atoms with Crippen LogP contribution in [0, 0.1) is 0 Å². The molecule has 0 amide bonds. The van der Waals surface area contributed by atoms with Gasteiger partial charge in [-0.3, -0.25) is 4.90 Å². The Hall–Kier alpha value is -1.53. The van der Waals surface area contributed by atoms with Crippen LogP contribution in [0.1, 0.15) is 5.56 Å². The van der Waals surface area contributed by atoms with E-state index in [9.17, 15) is 5.11 Å². The van der Waals surface area contributed by atoms with Gasteiger partial charge in [0.2, 0.25) is 5.79 Å². The summed E-state index contributed by atoms with van der Waals surface area (Å²) in [5.41, 5.74) is 3.01. The summed E-state index contributed by atoms with van der Waals surface area (Å²) >= 11 is 1.72. The Kier molecular flexibility index (Phi) is 3.38. The average molecular weight is 314 g/mol. The van der Waals surface area contributed by atoms with Crippen LogP contribution in [0.25, 0.3) is 0 Å². The Morgan fingerprint density at radius 2 is 2.00 bits per heavy atom. The highest BCUT2D eigenvalue weighted by atomic mass is 32.2. The Bertz CT molecular complexity index is 722. The van der Waals surface area contributed by atoms with Gasteiger partial charge in [0.15, 0.2) is 0 Å². The van der Waals surface area contributed by atoms with Crippen molar-refractivity contribution in [3.8, 4) is 0 Å².